The van der Waals surface area contributed by atoms with E-state index < -0.39 is 0 Å². The molecule has 0 amide bonds. The molecule has 0 bridgehead atoms. The van der Waals surface area contributed by atoms with Crippen molar-refractivity contribution in [3.63, 3.8) is 0 Å². The molecule has 0 spiro atoms. The molecule has 0 fully saturated rings. The normalized spacial score (nSPS) is 11.9. The molecule has 0 saturated carbocycles. The largest absolute Gasteiger partial charge is 0.452 e. The van der Waals surface area contributed by atoms with E-state index in [1.54, 1.807) is 0 Å². The quantitative estimate of drug-likeness (QED) is 0.193. The van der Waals surface area contributed by atoms with Crippen LogP contribution in [0.4, 0.5) is 0 Å². The molecule has 0 radical (unpaired) electrons. The molecule has 0 unspecified atom stereocenters. The molecule has 0 aliphatic rings. The van der Waals surface area contributed by atoms with Crippen LogP contribution < -0.4 is 0 Å². The fraction of sp³-hybridized carbons (Fsp3) is 0. The lowest BCUT2D eigenvalue weighted by Gasteiger charge is -2.18. The van der Waals surface area contributed by atoms with Crippen molar-refractivity contribution >= 4 is 65.2 Å². The Morgan fingerprint density at radius 1 is 0.304 bits per heavy atom. The summed E-state index contributed by atoms with van der Waals surface area (Å²) in [5.74, 6) is 0.845. The average Bonchev–Trinajstić information content (AvgIpc) is 3.70. The zero-order valence-electron chi connectivity index (χ0n) is 24.8. The lowest BCUT2D eigenvalue weighted by molar-refractivity contribution is 0.612. The molecule has 0 aliphatic heterocycles. The van der Waals surface area contributed by atoms with Gasteiger partial charge in [-0.25, -0.2) is 0 Å². The summed E-state index contributed by atoms with van der Waals surface area (Å²) < 4.78 is 13.4. The maximum absolute atomic E-state index is 6.95. The predicted octanol–water partition coefficient (Wildman–Crippen LogP) is 12.8. The maximum Gasteiger partial charge on any atom is 0.178 e. The van der Waals surface area contributed by atoms with E-state index in [1.165, 1.54) is 49.0 Å². The molecule has 0 saturated heterocycles. The highest BCUT2D eigenvalue weighted by Gasteiger charge is 2.26. The van der Waals surface area contributed by atoms with E-state index in [9.17, 15) is 0 Å². The van der Waals surface area contributed by atoms with Gasteiger partial charge >= 0.3 is 0 Å². The second kappa shape index (κ2) is 9.69. The Morgan fingerprint density at radius 2 is 0.870 bits per heavy atom. The van der Waals surface area contributed by atoms with Gasteiger partial charge in [-0.05, 0) is 67.7 Å². The van der Waals surface area contributed by atoms with Crippen LogP contribution in [0.5, 0.6) is 0 Å². The zero-order valence-corrected chi connectivity index (χ0v) is 24.8. The number of furan rings is 2. The molecule has 2 heterocycles. The number of fused-ring (bicyclic) bond motifs is 8. The molecule has 46 heavy (non-hydrogen) atoms. The van der Waals surface area contributed by atoms with E-state index in [0.717, 1.165) is 49.8 Å². The molecular weight excluding hydrogens is 560 g/mol. The van der Waals surface area contributed by atoms with Gasteiger partial charge in [0.05, 0.1) is 0 Å². The van der Waals surface area contributed by atoms with E-state index >= 15 is 0 Å². The third-order valence-electron chi connectivity index (χ3n) is 9.46. The molecule has 8 aromatic carbocycles. The van der Waals surface area contributed by atoms with Crippen molar-refractivity contribution in [1.82, 2.24) is 0 Å². The first-order chi connectivity index (χ1) is 22.8. The Morgan fingerprint density at radius 3 is 1.61 bits per heavy atom. The Hall–Kier alpha value is -6.12. The number of hydrogen-bond donors (Lipinski definition) is 0. The number of hydrogen-bond acceptors (Lipinski definition) is 2. The highest BCUT2D eigenvalue weighted by molar-refractivity contribution is 6.27. The van der Waals surface area contributed by atoms with Crippen molar-refractivity contribution in [2.45, 2.75) is 0 Å². The third-order valence-corrected chi connectivity index (χ3v) is 9.46. The minimum absolute atomic E-state index is 0.773. The minimum Gasteiger partial charge on any atom is -0.452 e. The highest BCUT2D eigenvalue weighted by Crippen LogP contribution is 2.51. The minimum atomic E-state index is 0.773. The summed E-state index contributed by atoms with van der Waals surface area (Å²) >= 11 is 0. The first-order valence-electron chi connectivity index (χ1n) is 15.7. The number of rotatable bonds is 3. The van der Waals surface area contributed by atoms with Gasteiger partial charge in [-0.3, -0.25) is 0 Å². The van der Waals surface area contributed by atoms with Crippen LogP contribution in [0.1, 0.15) is 0 Å². The van der Waals surface area contributed by atoms with Gasteiger partial charge in [0.15, 0.2) is 11.2 Å². The monoisotopic (exact) mass is 586 g/mol. The van der Waals surface area contributed by atoms with Crippen LogP contribution in [-0.2, 0) is 0 Å². The van der Waals surface area contributed by atoms with Gasteiger partial charge in [-0.2, -0.15) is 0 Å². The SMILES string of the molecule is c1ccc(-c2oc3c(ccc4c5ccccc5oc43)c2-c2c3ccccc3c(-c3ccc4ccccc4c3)c3ccccc23)cc1. The lowest BCUT2D eigenvalue weighted by atomic mass is 9.84. The Kier molecular flexibility index (Phi) is 5.31. The van der Waals surface area contributed by atoms with Crippen LogP contribution in [0.2, 0.25) is 0 Å². The third kappa shape index (κ3) is 3.59. The molecule has 2 heteroatoms. The van der Waals surface area contributed by atoms with Crippen LogP contribution in [0, 0.1) is 0 Å². The van der Waals surface area contributed by atoms with Crippen molar-refractivity contribution in [2.75, 3.05) is 0 Å². The van der Waals surface area contributed by atoms with E-state index in [4.69, 9.17) is 8.83 Å². The summed E-state index contributed by atoms with van der Waals surface area (Å²) in [5.41, 5.74) is 8.16. The first kappa shape index (κ1) is 25.2. The summed E-state index contributed by atoms with van der Waals surface area (Å²) in [6.07, 6.45) is 0. The van der Waals surface area contributed by atoms with Crippen molar-refractivity contribution in [3.8, 4) is 33.6 Å². The van der Waals surface area contributed by atoms with Gasteiger partial charge in [0.1, 0.15) is 11.3 Å². The number of benzene rings is 8. The van der Waals surface area contributed by atoms with Crippen LogP contribution in [0.3, 0.4) is 0 Å². The fourth-order valence-corrected chi connectivity index (χ4v) is 7.43. The standard InChI is InChI=1S/C44H26O2/c1-2-13-28(14-3-1)42-41(37-25-24-36-31-16-10-11-21-38(31)45-43(36)44(37)46-42)40-34-19-8-6-17-32(34)39(33-18-7-9-20-35(33)40)30-23-22-27-12-4-5-15-29(27)26-30/h1-26H. The first-order valence-corrected chi connectivity index (χ1v) is 15.7. The second-order valence-corrected chi connectivity index (χ2v) is 12.0. The Balaban J connectivity index is 1.37. The molecule has 0 N–H and O–H groups in total. The van der Waals surface area contributed by atoms with Gasteiger partial charge in [0.2, 0.25) is 0 Å². The molecule has 10 aromatic rings. The number of para-hydroxylation sites is 1. The van der Waals surface area contributed by atoms with E-state index in [2.05, 4.69) is 140 Å². The molecule has 10 rings (SSSR count). The smallest absolute Gasteiger partial charge is 0.178 e. The van der Waals surface area contributed by atoms with Gasteiger partial charge in [-0.15, -0.1) is 0 Å². The zero-order chi connectivity index (χ0) is 30.2. The van der Waals surface area contributed by atoms with Crippen LogP contribution in [0.25, 0.3) is 98.8 Å². The molecule has 2 nitrogen and oxygen atoms in total. The van der Waals surface area contributed by atoms with E-state index in [1.807, 2.05) is 18.2 Å². The van der Waals surface area contributed by atoms with Crippen molar-refractivity contribution < 1.29 is 8.83 Å². The van der Waals surface area contributed by atoms with Gasteiger partial charge in [-0.1, -0.05) is 133 Å². The van der Waals surface area contributed by atoms with Crippen LogP contribution in [-0.4, -0.2) is 0 Å². The van der Waals surface area contributed by atoms with Crippen molar-refractivity contribution in [3.05, 3.63) is 158 Å². The molecule has 214 valence electrons. The molecular formula is C44H26O2. The van der Waals surface area contributed by atoms with E-state index in [0.29, 0.717) is 0 Å². The van der Waals surface area contributed by atoms with Crippen LogP contribution >= 0.6 is 0 Å². The highest BCUT2D eigenvalue weighted by atomic mass is 16.4. The Bertz CT molecular complexity index is 2740. The fourth-order valence-electron chi connectivity index (χ4n) is 7.43. The predicted molar refractivity (Wildman–Crippen MR) is 192 cm³/mol. The second-order valence-electron chi connectivity index (χ2n) is 12.0. The summed E-state index contributed by atoms with van der Waals surface area (Å²) in [4.78, 5) is 0. The van der Waals surface area contributed by atoms with E-state index in [-0.39, 0.29) is 0 Å². The average molecular weight is 587 g/mol. The summed E-state index contributed by atoms with van der Waals surface area (Å²) in [5, 5.41) is 10.5. The van der Waals surface area contributed by atoms with Crippen molar-refractivity contribution in [1.29, 1.82) is 0 Å². The molecule has 0 aliphatic carbocycles. The lowest BCUT2D eigenvalue weighted by Crippen LogP contribution is -1.91. The Labute approximate surface area is 264 Å². The summed E-state index contributed by atoms with van der Waals surface area (Å²) in [6.45, 7) is 0. The summed E-state index contributed by atoms with van der Waals surface area (Å²) in [6, 6.07) is 56.1. The maximum atomic E-state index is 6.95. The topological polar surface area (TPSA) is 26.3 Å². The van der Waals surface area contributed by atoms with Crippen LogP contribution in [0.15, 0.2) is 167 Å². The van der Waals surface area contributed by atoms with Gasteiger partial charge in [0, 0.05) is 32.8 Å². The van der Waals surface area contributed by atoms with Crippen molar-refractivity contribution in [2.24, 2.45) is 0 Å². The molecule has 0 atom stereocenters. The van der Waals surface area contributed by atoms with Gasteiger partial charge in [0.25, 0.3) is 0 Å². The van der Waals surface area contributed by atoms with Gasteiger partial charge < -0.3 is 8.83 Å². The summed E-state index contributed by atoms with van der Waals surface area (Å²) in [7, 11) is 0. The molecule has 2 aromatic heterocycles.